The predicted octanol–water partition coefficient (Wildman–Crippen LogP) is 5.91. The van der Waals surface area contributed by atoms with Crippen LogP contribution >= 0.6 is 35.1 Å². The minimum Gasteiger partial charge on any atom is -0.322 e. The third-order valence-corrected chi connectivity index (χ3v) is 5.87. The third-order valence-electron chi connectivity index (χ3n) is 3.89. The van der Waals surface area contributed by atoms with Gasteiger partial charge in [0.25, 0.3) is 12.3 Å². The van der Waals surface area contributed by atoms with Crippen LogP contribution in [0.2, 0.25) is 10.0 Å². The number of anilines is 2. The Kier molecular flexibility index (Phi) is 6.10. The Hall–Kier alpha value is -2.01. The summed E-state index contributed by atoms with van der Waals surface area (Å²) >= 11 is 14.0. The number of halogens is 4. The van der Waals surface area contributed by atoms with Crippen LogP contribution < -0.4 is 9.62 Å². The van der Waals surface area contributed by atoms with Gasteiger partial charge in [-0.25, -0.2) is 8.78 Å². The molecule has 27 heavy (non-hydrogen) atoms. The van der Waals surface area contributed by atoms with E-state index in [-0.39, 0.29) is 32.4 Å². The average Bonchev–Trinajstić information content (AvgIpc) is 3.18. The summed E-state index contributed by atoms with van der Waals surface area (Å²) in [5.41, 5.74) is 0.636. The van der Waals surface area contributed by atoms with Crippen LogP contribution in [0.5, 0.6) is 0 Å². The minimum absolute atomic E-state index is 0.0226. The fraction of sp³-hybridized carbons (Fsp3) is 0.222. The molecular weight excluding hydrogens is 415 g/mol. The molecule has 1 N–H and O–H groups in total. The molecule has 0 aliphatic carbocycles. The number of nitrogens with one attached hydrogen (secondary N) is 1. The second-order valence-corrected chi connectivity index (χ2v) is 7.68. The maximum atomic E-state index is 13.0. The van der Waals surface area contributed by atoms with Crippen molar-refractivity contribution in [2.45, 2.75) is 12.8 Å². The molecule has 3 rings (SSSR count). The average molecular weight is 428 g/mol. The van der Waals surface area contributed by atoms with Gasteiger partial charge in [0.2, 0.25) is 0 Å². The van der Waals surface area contributed by atoms with E-state index < -0.39 is 12.3 Å². The van der Waals surface area contributed by atoms with E-state index >= 15 is 0 Å². The van der Waals surface area contributed by atoms with E-state index in [1.54, 1.807) is 30.1 Å². The van der Waals surface area contributed by atoms with Gasteiger partial charge in [0.1, 0.15) is 0 Å². The van der Waals surface area contributed by atoms with E-state index in [1.165, 1.54) is 6.07 Å². The fourth-order valence-corrected chi connectivity index (χ4v) is 4.05. The Labute approximate surface area is 169 Å². The second kappa shape index (κ2) is 8.34. The van der Waals surface area contributed by atoms with Crippen molar-refractivity contribution >= 4 is 52.4 Å². The molecule has 0 unspecified atom stereocenters. The summed E-state index contributed by atoms with van der Waals surface area (Å²) in [6.45, 7) is 0.825. The summed E-state index contributed by atoms with van der Waals surface area (Å²) < 4.78 is 28.0. The summed E-state index contributed by atoms with van der Waals surface area (Å²) in [5, 5.41) is 11.8. The molecule has 2 aromatic rings. The van der Waals surface area contributed by atoms with E-state index in [0.717, 1.165) is 36.5 Å². The highest BCUT2D eigenvalue weighted by Crippen LogP contribution is 2.36. The van der Waals surface area contributed by atoms with Crippen LogP contribution in [0, 0.1) is 11.3 Å². The van der Waals surface area contributed by atoms with Crippen LogP contribution in [0.25, 0.3) is 0 Å². The van der Waals surface area contributed by atoms with Crippen LogP contribution in [0.3, 0.4) is 0 Å². The molecule has 0 bridgehead atoms. The predicted molar refractivity (Wildman–Crippen MR) is 105 cm³/mol. The molecule has 2 aromatic carbocycles. The Morgan fingerprint density at radius 1 is 1.26 bits per heavy atom. The van der Waals surface area contributed by atoms with Gasteiger partial charge in [-0.1, -0.05) is 23.2 Å². The number of hydrogen-bond acceptors (Lipinski definition) is 4. The molecule has 1 fully saturated rings. The van der Waals surface area contributed by atoms with Crippen LogP contribution in [0.15, 0.2) is 30.3 Å². The second-order valence-electron chi connectivity index (χ2n) is 5.79. The summed E-state index contributed by atoms with van der Waals surface area (Å²) in [6.07, 6.45) is -1.74. The number of rotatable bonds is 4. The highest BCUT2D eigenvalue weighted by Gasteiger charge is 2.21. The molecule has 1 amide bonds. The molecule has 0 spiro atoms. The molecule has 0 radical (unpaired) electrons. The van der Waals surface area contributed by atoms with Gasteiger partial charge in [0.05, 0.1) is 27.2 Å². The van der Waals surface area contributed by atoms with Gasteiger partial charge >= 0.3 is 0 Å². The van der Waals surface area contributed by atoms with Gasteiger partial charge in [-0.05, 0) is 48.7 Å². The lowest BCUT2D eigenvalue weighted by molar-refractivity contribution is 0.102. The van der Waals surface area contributed by atoms with Crippen molar-refractivity contribution in [3.63, 3.8) is 0 Å². The fourth-order valence-electron chi connectivity index (χ4n) is 2.65. The lowest BCUT2D eigenvalue weighted by atomic mass is 10.1. The van der Waals surface area contributed by atoms with Crippen LogP contribution in [-0.4, -0.2) is 18.2 Å². The lowest BCUT2D eigenvalue weighted by Crippen LogP contribution is -2.15. The molecule has 1 aliphatic heterocycles. The van der Waals surface area contributed by atoms with Crippen molar-refractivity contribution < 1.29 is 13.6 Å². The zero-order valence-corrected chi connectivity index (χ0v) is 16.1. The molecule has 140 valence electrons. The molecule has 1 heterocycles. The van der Waals surface area contributed by atoms with E-state index in [0.29, 0.717) is 0 Å². The summed E-state index contributed by atoms with van der Waals surface area (Å²) in [6, 6.07) is 8.62. The standard InChI is InChI=1S/C18H13Cl2F2N3OS/c19-15-8-13(25-2-1-3-27-25)7-14(16(15)20)18(26)24-12-5-10(9-23)4-11(6-12)17(21)22/h4-8,17H,1-3H2,(H,24,26). The van der Waals surface area contributed by atoms with Gasteiger partial charge < -0.3 is 9.62 Å². The van der Waals surface area contributed by atoms with E-state index in [1.807, 2.05) is 4.31 Å². The van der Waals surface area contributed by atoms with E-state index in [4.69, 9.17) is 28.5 Å². The molecule has 9 heteroatoms. The van der Waals surface area contributed by atoms with Crippen LogP contribution in [-0.2, 0) is 0 Å². The molecule has 0 saturated carbocycles. The first kappa shape index (κ1) is 19.7. The maximum absolute atomic E-state index is 13.0. The maximum Gasteiger partial charge on any atom is 0.263 e. The lowest BCUT2D eigenvalue weighted by Gasteiger charge is -2.18. The van der Waals surface area contributed by atoms with Gasteiger partial charge in [-0.3, -0.25) is 4.79 Å². The molecule has 4 nitrogen and oxygen atoms in total. The van der Waals surface area contributed by atoms with E-state index in [2.05, 4.69) is 5.32 Å². The van der Waals surface area contributed by atoms with E-state index in [9.17, 15) is 13.6 Å². The van der Waals surface area contributed by atoms with Crippen molar-refractivity contribution in [1.29, 1.82) is 5.26 Å². The first-order valence-electron chi connectivity index (χ1n) is 7.93. The first-order chi connectivity index (χ1) is 12.9. The summed E-state index contributed by atoms with van der Waals surface area (Å²) in [5.74, 6) is 0.377. The number of carbonyl (C=O) groups is 1. The number of hydrogen-bond donors (Lipinski definition) is 1. The summed E-state index contributed by atoms with van der Waals surface area (Å²) in [7, 11) is 0. The van der Waals surface area contributed by atoms with Gasteiger partial charge in [-0.15, -0.1) is 0 Å². The Morgan fingerprint density at radius 3 is 2.67 bits per heavy atom. The molecule has 1 aliphatic rings. The Balaban J connectivity index is 1.92. The SMILES string of the molecule is N#Cc1cc(NC(=O)c2cc(N3CCCS3)cc(Cl)c2Cl)cc(C(F)F)c1. The number of alkyl halides is 2. The van der Waals surface area contributed by atoms with Crippen LogP contribution in [0.4, 0.5) is 20.2 Å². The van der Waals surface area contributed by atoms with Gasteiger partial charge in [0, 0.05) is 29.2 Å². The Bertz CT molecular complexity index is 928. The normalized spacial score (nSPS) is 13.7. The monoisotopic (exact) mass is 427 g/mol. The van der Waals surface area contributed by atoms with Crippen LogP contribution in [0.1, 0.15) is 34.3 Å². The van der Waals surface area contributed by atoms with Crippen molar-refractivity contribution in [2.75, 3.05) is 21.9 Å². The van der Waals surface area contributed by atoms with Gasteiger partial charge in [-0.2, -0.15) is 5.26 Å². The van der Waals surface area contributed by atoms with Crippen molar-refractivity contribution in [3.8, 4) is 6.07 Å². The smallest absolute Gasteiger partial charge is 0.263 e. The number of nitriles is 1. The Morgan fingerprint density at radius 2 is 2.04 bits per heavy atom. The van der Waals surface area contributed by atoms with Crippen molar-refractivity contribution in [1.82, 2.24) is 0 Å². The summed E-state index contributed by atoms with van der Waals surface area (Å²) in [4.78, 5) is 12.7. The number of amides is 1. The number of nitrogens with zero attached hydrogens (tertiary/aromatic N) is 2. The molecule has 1 saturated heterocycles. The van der Waals surface area contributed by atoms with Crippen molar-refractivity contribution in [3.05, 3.63) is 57.1 Å². The minimum atomic E-state index is -2.76. The van der Waals surface area contributed by atoms with Crippen molar-refractivity contribution in [2.24, 2.45) is 0 Å². The topological polar surface area (TPSA) is 56.1 Å². The highest BCUT2D eigenvalue weighted by atomic mass is 35.5. The zero-order valence-electron chi connectivity index (χ0n) is 13.8. The highest BCUT2D eigenvalue weighted by molar-refractivity contribution is 8.00. The molecule has 0 aromatic heterocycles. The molecular formula is C18H13Cl2F2N3OS. The number of benzene rings is 2. The first-order valence-corrected chi connectivity index (χ1v) is 9.63. The quantitative estimate of drug-likeness (QED) is 0.615. The van der Waals surface area contributed by atoms with Gasteiger partial charge in [0.15, 0.2) is 0 Å². The molecule has 0 atom stereocenters. The third kappa shape index (κ3) is 4.46. The number of carbonyl (C=O) groups excluding carboxylic acids is 1. The zero-order chi connectivity index (χ0) is 19.6. The largest absolute Gasteiger partial charge is 0.322 e.